The van der Waals surface area contributed by atoms with E-state index in [1.165, 1.54) is 0 Å². The Balaban J connectivity index is 2.23. The van der Waals surface area contributed by atoms with Crippen molar-refractivity contribution in [2.24, 2.45) is 5.73 Å². The molecule has 1 unspecified atom stereocenters. The van der Waals surface area contributed by atoms with Crippen molar-refractivity contribution in [1.82, 2.24) is 4.90 Å². The Morgan fingerprint density at radius 3 is 2.81 bits per heavy atom. The predicted molar refractivity (Wildman–Crippen MR) is 65.0 cm³/mol. The molecular weight excluding hydrogens is 247 g/mol. The van der Waals surface area contributed by atoms with E-state index in [9.17, 15) is 4.79 Å². The third-order valence-corrected chi connectivity index (χ3v) is 3.24. The molecule has 0 bridgehead atoms. The molecule has 0 aromatic heterocycles. The molecule has 1 saturated heterocycles. The van der Waals surface area contributed by atoms with Gasteiger partial charge in [-0.25, -0.2) is 0 Å². The summed E-state index contributed by atoms with van der Waals surface area (Å²) < 4.78 is 0. The van der Waals surface area contributed by atoms with Crippen LogP contribution in [0.15, 0.2) is 18.2 Å². The number of hydrogen-bond acceptors (Lipinski definition) is 2. The van der Waals surface area contributed by atoms with Crippen LogP contribution >= 0.6 is 23.2 Å². The van der Waals surface area contributed by atoms with Gasteiger partial charge in [0.05, 0.1) is 10.6 Å². The number of benzene rings is 1. The van der Waals surface area contributed by atoms with Crippen LogP contribution in [-0.2, 0) is 0 Å². The van der Waals surface area contributed by atoms with Crippen LogP contribution in [0.25, 0.3) is 0 Å². The minimum atomic E-state index is -0.0968. The lowest BCUT2D eigenvalue weighted by Crippen LogP contribution is -2.32. The van der Waals surface area contributed by atoms with E-state index >= 15 is 0 Å². The number of likely N-dealkylation sites (tertiary alicyclic amines) is 1. The van der Waals surface area contributed by atoms with Gasteiger partial charge < -0.3 is 10.6 Å². The largest absolute Gasteiger partial charge is 0.337 e. The lowest BCUT2D eigenvalue weighted by Gasteiger charge is -2.16. The second kappa shape index (κ2) is 4.62. The van der Waals surface area contributed by atoms with Crippen LogP contribution in [0.4, 0.5) is 0 Å². The third-order valence-electron chi connectivity index (χ3n) is 2.67. The van der Waals surface area contributed by atoms with Crippen LogP contribution in [0.3, 0.4) is 0 Å². The van der Waals surface area contributed by atoms with Gasteiger partial charge in [0.1, 0.15) is 0 Å². The first-order valence-corrected chi connectivity index (χ1v) is 5.83. The van der Waals surface area contributed by atoms with Crippen molar-refractivity contribution in [3.63, 3.8) is 0 Å². The van der Waals surface area contributed by atoms with Gasteiger partial charge in [0.25, 0.3) is 5.91 Å². The first-order valence-electron chi connectivity index (χ1n) is 5.08. The maximum Gasteiger partial charge on any atom is 0.255 e. The highest BCUT2D eigenvalue weighted by molar-refractivity contribution is 6.35. The molecule has 0 spiro atoms. The Morgan fingerprint density at radius 1 is 1.44 bits per heavy atom. The van der Waals surface area contributed by atoms with Gasteiger partial charge in [0, 0.05) is 24.2 Å². The van der Waals surface area contributed by atoms with E-state index in [0.717, 1.165) is 6.42 Å². The second-order valence-corrected chi connectivity index (χ2v) is 4.77. The fraction of sp³-hybridized carbons (Fsp3) is 0.364. The molecule has 1 aromatic rings. The minimum Gasteiger partial charge on any atom is -0.337 e. The van der Waals surface area contributed by atoms with Crippen LogP contribution in [-0.4, -0.2) is 29.9 Å². The first kappa shape index (κ1) is 11.7. The number of carbonyl (C=O) groups is 1. The molecule has 86 valence electrons. The molecule has 1 aliphatic rings. The monoisotopic (exact) mass is 258 g/mol. The van der Waals surface area contributed by atoms with Gasteiger partial charge in [-0.1, -0.05) is 23.2 Å². The summed E-state index contributed by atoms with van der Waals surface area (Å²) in [5.41, 5.74) is 6.20. The van der Waals surface area contributed by atoms with E-state index in [1.54, 1.807) is 23.1 Å². The molecule has 16 heavy (non-hydrogen) atoms. The molecule has 0 aliphatic carbocycles. The summed E-state index contributed by atoms with van der Waals surface area (Å²) in [6, 6.07) is 4.96. The normalized spacial score (nSPS) is 20.2. The van der Waals surface area contributed by atoms with Crippen LogP contribution in [0.1, 0.15) is 16.8 Å². The maximum atomic E-state index is 12.1. The highest BCUT2D eigenvalue weighted by Crippen LogP contribution is 2.23. The number of carbonyl (C=O) groups excluding carboxylic acids is 1. The van der Waals surface area contributed by atoms with Crippen LogP contribution in [0.2, 0.25) is 10.0 Å². The van der Waals surface area contributed by atoms with Crippen LogP contribution in [0, 0.1) is 0 Å². The number of amides is 1. The second-order valence-electron chi connectivity index (χ2n) is 3.92. The Labute approximate surface area is 104 Å². The summed E-state index contributed by atoms with van der Waals surface area (Å²) in [6.07, 6.45) is 0.837. The van der Waals surface area contributed by atoms with E-state index < -0.39 is 0 Å². The number of halogens is 2. The summed E-state index contributed by atoms with van der Waals surface area (Å²) in [5, 5.41) is 0.936. The zero-order valence-electron chi connectivity index (χ0n) is 8.62. The molecule has 1 heterocycles. The topological polar surface area (TPSA) is 46.3 Å². The number of nitrogens with zero attached hydrogens (tertiary/aromatic N) is 1. The minimum absolute atomic E-state index is 0.0712. The quantitative estimate of drug-likeness (QED) is 0.840. The standard InChI is InChI=1S/C11H12Cl2N2O/c12-7-1-2-10(13)9(5-7)11(16)15-4-3-8(14)6-15/h1-2,5,8H,3-4,6,14H2. The maximum absolute atomic E-state index is 12.1. The van der Waals surface area contributed by atoms with Gasteiger partial charge in [-0.3, -0.25) is 4.79 Å². The lowest BCUT2D eigenvalue weighted by molar-refractivity contribution is 0.0791. The molecular formula is C11H12Cl2N2O. The summed E-state index contributed by atoms with van der Waals surface area (Å²) in [5.74, 6) is -0.0968. The Hall–Kier alpha value is -0.770. The van der Waals surface area contributed by atoms with Gasteiger partial charge in [-0.15, -0.1) is 0 Å². The number of nitrogens with two attached hydrogens (primary N) is 1. The summed E-state index contributed by atoms with van der Waals surface area (Å²) in [7, 11) is 0. The zero-order chi connectivity index (χ0) is 11.7. The first-order chi connectivity index (χ1) is 7.58. The Morgan fingerprint density at radius 2 is 2.19 bits per heavy atom. The molecule has 1 atom stereocenters. The van der Waals surface area contributed by atoms with E-state index in [-0.39, 0.29) is 11.9 Å². The highest BCUT2D eigenvalue weighted by Gasteiger charge is 2.25. The van der Waals surface area contributed by atoms with E-state index in [4.69, 9.17) is 28.9 Å². The molecule has 3 nitrogen and oxygen atoms in total. The molecule has 0 saturated carbocycles. The van der Waals surface area contributed by atoms with E-state index in [2.05, 4.69) is 0 Å². The molecule has 1 amide bonds. The van der Waals surface area contributed by atoms with Gasteiger partial charge in [0.2, 0.25) is 0 Å². The van der Waals surface area contributed by atoms with Crippen molar-refractivity contribution in [1.29, 1.82) is 0 Å². The average molecular weight is 259 g/mol. The molecule has 1 fully saturated rings. The molecule has 5 heteroatoms. The predicted octanol–water partition coefficient (Wildman–Crippen LogP) is 2.17. The fourth-order valence-electron chi connectivity index (χ4n) is 1.80. The van der Waals surface area contributed by atoms with Crippen molar-refractivity contribution in [2.45, 2.75) is 12.5 Å². The van der Waals surface area contributed by atoms with E-state index in [1.807, 2.05) is 0 Å². The number of hydrogen-bond donors (Lipinski definition) is 1. The van der Waals surface area contributed by atoms with E-state index in [0.29, 0.717) is 28.7 Å². The van der Waals surface area contributed by atoms with Gasteiger partial charge in [-0.05, 0) is 24.6 Å². The van der Waals surface area contributed by atoms with Gasteiger partial charge in [-0.2, -0.15) is 0 Å². The molecule has 2 rings (SSSR count). The van der Waals surface area contributed by atoms with Crippen molar-refractivity contribution in [3.05, 3.63) is 33.8 Å². The smallest absolute Gasteiger partial charge is 0.255 e. The molecule has 1 aromatic carbocycles. The molecule has 2 N–H and O–H groups in total. The average Bonchev–Trinajstić information content (AvgIpc) is 2.67. The summed E-state index contributed by atoms with van der Waals surface area (Å²) in [6.45, 7) is 1.27. The zero-order valence-corrected chi connectivity index (χ0v) is 10.1. The molecule has 0 radical (unpaired) electrons. The van der Waals surface area contributed by atoms with Crippen molar-refractivity contribution < 1.29 is 4.79 Å². The van der Waals surface area contributed by atoms with Crippen LogP contribution < -0.4 is 5.73 Å². The highest BCUT2D eigenvalue weighted by atomic mass is 35.5. The summed E-state index contributed by atoms with van der Waals surface area (Å²) in [4.78, 5) is 13.8. The SMILES string of the molecule is NC1CCN(C(=O)c2cc(Cl)ccc2Cl)C1. The molecule has 1 aliphatic heterocycles. The van der Waals surface area contributed by atoms with Crippen molar-refractivity contribution >= 4 is 29.1 Å². The Bertz CT molecular complexity index is 422. The van der Waals surface area contributed by atoms with Crippen molar-refractivity contribution in [2.75, 3.05) is 13.1 Å². The number of rotatable bonds is 1. The summed E-state index contributed by atoms with van der Waals surface area (Å²) >= 11 is 11.8. The van der Waals surface area contributed by atoms with Crippen molar-refractivity contribution in [3.8, 4) is 0 Å². The lowest BCUT2D eigenvalue weighted by atomic mass is 10.2. The fourth-order valence-corrected chi connectivity index (χ4v) is 2.17. The van der Waals surface area contributed by atoms with Gasteiger partial charge >= 0.3 is 0 Å². The Kier molecular flexibility index (Phi) is 3.38. The van der Waals surface area contributed by atoms with Gasteiger partial charge in [0.15, 0.2) is 0 Å². The van der Waals surface area contributed by atoms with Crippen LogP contribution in [0.5, 0.6) is 0 Å². The third kappa shape index (κ3) is 2.32.